The molecule has 0 radical (unpaired) electrons. The zero-order valence-corrected chi connectivity index (χ0v) is 12.3. The lowest BCUT2D eigenvalue weighted by atomic mass is 10.3. The summed E-state index contributed by atoms with van der Waals surface area (Å²) in [6, 6.07) is 7.56. The molecule has 4 nitrogen and oxygen atoms in total. The predicted molar refractivity (Wildman–Crippen MR) is 82.1 cm³/mol. The van der Waals surface area contributed by atoms with Crippen molar-refractivity contribution in [3.63, 3.8) is 0 Å². The van der Waals surface area contributed by atoms with Crippen molar-refractivity contribution in [3.8, 4) is 0 Å². The van der Waals surface area contributed by atoms with Crippen LogP contribution in [0.2, 0.25) is 5.02 Å². The van der Waals surface area contributed by atoms with Gasteiger partial charge in [0.05, 0.1) is 37.0 Å². The van der Waals surface area contributed by atoms with E-state index >= 15 is 0 Å². The van der Waals surface area contributed by atoms with Crippen molar-refractivity contribution in [1.82, 2.24) is 5.32 Å². The fourth-order valence-corrected chi connectivity index (χ4v) is 2.39. The van der Waals surface area contributed by atoms with E-state index in [9.17, 15) is 0 Å². The molecule has 0 aromatic heterocycles. The number of hydrogen-bond acceptors (Lipinski definition) is 2. The molecule has 1 aliphatic rings. The highest BCUT2D eigenvalue weighted by Gasteiger charge is 2.12. The molecule has 0 spiro atoms. The molecule has 1 heterocycles. The third-order valence-corrected chi connectivity index (χ3v) is 3.66. The van der Waals surface area contributed by atoms with Crippen LogP contribution in [-0.4, -0.2) is 44.5 Å². The van der Waals surface area contributed by atoms with E-state index in [0.717, 1.165) is 45.1 Å². The molecule has 1 aromatic carbocycles. The van der Waals surface area contributed by atoms with Crippen LogP contribution < -0.4 is 15.5 Å². The minimum absolute atomic E-state index is 0.612. The first-order chi connectivity index (χ1) is 9.25. The summed E-state index contributed by atoms with van der Waals surface area (Å²) in [5.74, 6) is 0. The minimum atomic E-state index is 0.612. The Bertz CT molecular complexity index is 424. The molecule has 1 saturated heterocycles. The van der Waals surface area contributed by atoms with E-state index in [2.05, 4.69) is 10.6 Å². The van der Waals surface area contributed by atoms with E-state index in [-0.39, 0.29) is 0 Å². The predicted octanol–water partition coefficient (Wildman–Crippen LogP) is 0.542. The van der Waals surface area contributed by atoms with Gasteiger partial charge in [-0.05, 0) is 24.4 Å². The molecule has 3 N–H and O–H groups in total. The molecular weight excluding hydrogens is 282 g/mol. The molecule has 0 aliphatic carbocycles. The van der Waals surface area contributed by atoms with Gasteiger partial charge in [0.1, 0.15) is 13.1 Å². The number of para-hydroxylation sites is 1. The molecule has 6 heteroatoms. The smallest absolute Gasteiger partial charge is 0.171 e. The summed E-state index contributed by atoms with van der Waals surface area (Å²) in [4.78, 5) is 1.55. The van der Waals surface area contributed by atoms with Gasteiger partial charge in [0.15, 0.2) is 5.11 Å². The maximum atomic E-state index is 6.06. The quantitative estimate of drug-likeness (QED) is 0.710. The monoisotopic (exact) mass is 300 g/mol. The van der Waals surface area contributed by atoms with Crippen molar-refractivity contribution in [2.24, 2.45) is 0 Å². The van der Waals surface area contributed by atoms with Gasteiger partial charge >= 0.3 is 0 Å². The molecule has 0 amide bonds. The number of benzene rings is 1. The zero-order chi connectivity index (χ0) is 13.5. The number of ether oxygens (including phenoxy) is 1. The Labute approximate surface area is 124 Å². The summed E-state index contributed by atoms with van der Waals surface area (Å²) in [7, 11) is 0. The van der Waals surface area contributed by atoms with Gasteiger partial charge in [-0.1, -0.05) is 23.7 Å². The SMILES string of the molecule is S=C(NCC[NH+]1CCOCC1)Nc1ccccc1Cl. The molecule has 0 saturated carbocycles. The molecule has 19 heavy (non-hydrogen) atoms. The summed E-state index contributed by atoms with van der Waals surface area (Å²) in [5, 5.41) is 7.59. The number of thiocarbonyl (C=S) groups is 1. The second-order valence-corrected chi connectivity index (χ2v) is 5.29. The van der Waals surface area contributed by atoms with Gasteiger partial charge < -0.3 is 20.3 Å². The Morgan fingerprint density at radius 1 is 1.32 bits per heavy atom. The second-order valence-electron chi connectivity index (χ2n) is 4.47. The van der Waals surface area contributed by atoms with Crippen LogP contribution in [0, 0.1) is 0 Å². The highest BCUT2D eigenvalue weighted by Crippen LogP contribution is 2.19. The summed E-state index contributed by atoms with van der Waals surface area (Å²) < 4.78 is 5.33. The van der Waals surface area contributed by atoms with Crippen LogP contribution in [0.5, 0.6) is 0 Å². The van der Waals surface area contributed by atoms with Crippen LogP contribution in [-0.2, 0) is 4.74 Å². The molecule has 1 aromatic rings. The molecule has 0 unspecified atom stereocenters. The molecule has 1 aliphatic heterocycles. The Morgan fingerprint density at radius 3 is 2.79 bits per heavy atom. The van der Waals surface area contributed by atoms with E-state index < -0.39 is 0 Å². The van der Waals surface area contributed by atoms with Gasteiger partial charge in [0.25, 0.3) is 0 Å². The Kier molecular flexibility index (Phi) is 5.85. The van der Waals surface area contributed by atoms with Crippen LogP contribution in [0.1, 0.15) is 0 Å². The second kappa shape index (κ2) is 7.65. The number of halogens is 1. The summed E-state index contributed by atoms with van der Waals surface area (Å²) in [6.45, 7) is 5.77. The third-order valence-electron chi connectivity index (χ3n) is 3.09. The van der Waals surface area contributed by atoms with E-state index in [0.29, 0.717) is 10.1 Å². The van der Waals surface area contributed by atoms with E-state index in [1.807, 2.05) is 24.3 Å². The number of hydrogen-bond donors (Lipinski definition) is 3. The van der Waals surface area contributed by atoms with Gasteiger partial charge in [-0.15, -0.1) is 0 Å². The van der Waals surface area contributed by atoms with Gasteiger partial charge in [0.2, 0.25) is 0 Å². The summed E-state index contributed by atoms with van der Waals surface area (Å²) in [6.07, 6.45) is 0. The normalized spacial score (nSPS) is 16.1. The van der Waals surface area contributed by atoms with E-state index in [1.54, 1.807) is 4.90 Å². The lowest BCUT2D eigenvalue weighted by Crippen LogP contribution is -3.14. The fraction of sp³-hybridized carbons (Fsp3) is 0.462. The molecule has 0 bridgehead atoms. The number of morpholine rings is 1. The fourth-order valence-electron chi connectivity index (χ4n) is 1.99. The maximum Gasteiger partial charge on any atom is 0.171 e. The van der Waals surface area contributed by atoms with Crippen LogP contribution in [0.25, 0.3) is 0 Å². The van der Waals surface area contributed by atoms with Crippen molar-refractivity contribution in [2.75, 3.05) is 44.7 Å². The number of rotatable bonds is 4. The first-order valence-corrected chi connectivity index (χ1v) is 7.25. The largest absolute Gasteiger partial charge is 0.370 e. The molecule has 104 valence electrons. The third kappa shape index (κ3) is 4.95. The number of quaternary nitrogens is 1. The molecule has 1 fully saturated rings. The maximum absolute atomic E-state index is 6.06. The Balaban J connectivity index is 1.68. The van der Waals surface area contributed by atoms with E-state index in [1.165, 1.54) is 0 Å². The van der Waals surface area contributed by atoms with Gasteiger partial charge in [-0.3, -0.25) is 0 Å². The molecule has 0 atom stereocenters. The first kappa shape index (κ1) is 14.5. The number of nitrogens with one attached hydrogen (secondary N) is 3. The van der Waals surface area contributed by atoms with Gasteiger partial charge in [0, 0.05) is 0 Å². The highest BCUT2D eigenvalue weighted by atomic mass is 35.5. The van der Waals surface area contributed by atoms with Crippen molar-refractivity contribution in [2.45, 2.75) is 0 Å². The van der Waals surface area contributed by atoms with E-state index in [4.69, 9.17) is 28.6 Å². The van der Waals surface area contributed by atoms with Crippen molar-refractivity contribution >= 4 is 34.6 Å². The molecule has 2 rings (SSSR count). The van der Waals surface area contributed by atoms with Gasteiger partial charge in [-0.2, -0.15) is 0 Å². The van der Waals surface area contributed by atoms with Gasteiger partial charge in [-0.25, -0.2) is 0 Å². The van der Waals surface area contributed by atoms with Crippen LogP contribution >= 0.6 is 23.8 Å². The van der Waals surface area contributed by atoms with Crippen LogP contribution in [0.15, 0.2) is 24.3 Å². The topological polar surface area (TPSA) is 37.7 Å². The van der Waals surface area contributed by atoms with Crippen LogP contribution in [0.4, 0.5) is 5.69 Å². The molecular formula is C13H19ClN3OS+. The zero-order valence-electron chi connectivity index (χ0n) is 10.7. The van der Waals surface area contributed by atoms with Crippen LogP contribution in [0.3, 0.4) is 0 Å². The highest BCUT2D eigenvalue weighted by molar-refractivity contribution is 7.80. The lowest BCUT2D eigenvalue weighted by molar-refractivity contribution is -0.906. The van der Waals surface area contributed by atoms with Crippen molar-refractivity contribution in [3.05, 3.63) is 29.3 Å². The van der Waals surface area contributed by atoms with Crippen molar-refractivity contribution in [1.29, 1.82) is 0 Å². The average Bonchev–Trinajstić information content (AvgIpc) is 2.43. The summed E-state index contributed by atoms with van der Waals surface area (Å²) in [5.41, 5.74) is 0.834. The number of anilines is 1. The Morgan fingerprint density at radius 2 is 2.05 bits per heavy atom. The average molecular weight is 301 g/mol. The van der Waals surface area contributed by atoms with Crippen molar-refractivity contribution < 1.29 is 9.64 Å². The standard InChI is InChI=1S/C13H18ClN3OS/c14-11-3-1-2-4-12(11)16-13(19)15-5-6-17-7-9-18-10-8-17/h1-4H,5-10H2,(H2,15,16,19)/p+1. The Hall–Kier alpha value is -0.880. The minimum Gasteiger partial charge on any atom is -0.370 e. The first-order valence-electron chi connectivity index (χ1n) is 6.46. The lowest BCUT2D eigenvalue weighted by Gasteiger charge is -2.24. The summed E-state index contributed by atoms with van der Waals surface area (Å²) >= 11 is 11.3.